The van der Waals surface area contributed by atoms with Crippen LogP contribution < -0.4 is 5.32 Å². The number of allylic oxidation sites excluding steroid dienone is 2. The average Bonchev–Trinajstić information content (AvgIpc) is 3.11. The second-order valence-corrected chi connectivity index (χ2v) is 7.26. The third-order valence-corrected chi connectivity index (χ3v) is 5.54. The van der Waals surface area contributed by atoms with Gasteiger partial charge in [-0.25, -0.2) is 0 Å². The van der Waals surface area contributed by atoms with Gasteiger partial charge in [-0.3, -0.25) is 14.4 Å². The van der Waals surface area contributed by atoms with Crippen molar-refractivity contribution >= 4 is 23.3 Å². The Balaban J connectivity index is 1.88. The molecule has 4 atom stereocenters. The summed E-state index contributed by atoms with van der Waals surface area (Å²) in [6.45, 7) is 5.46. The van der Waals surface area contributed by atoms with Crippen LogP contribution in [0.2, 0.25) is 0 Å². The molecule has 0 radical (unpaired) electrons. The predicted molar refractivity (Wildman–Crippen MR) is 94.3 cm³/mol. The number of Topliss-reactive ketones (excluding diaryl/α,β-unsaturated/α-hetero) is 1. The van der Waals surface area contributed by atoms with Crippen molar-refractivity contribution in [2.24, 2.45) is 23.7 Å². The van der Waals surface area contributed by atoms with Crippen molar-refractivity contribution < 1.29 is 19.5 Å². The summed E-state index contributed by atoms with van der Waals surface area (Å²) in [4.78, 5) is 36.2. The van der Waals surface area contributed by atoms with E-state index in [1.165, 1.54) is 6.92 Å². The van der Waals surface area contributed by atoms with Gasteiger partial charge in [-0.2, -0.15) is 0 Å². The second-order valence-electron chi connectivity index (χ2n) is 7.26. The predicted octanol–water partition coefficient (Wildman–Crippen LogP) is 3.52. The molecule has 5 nitrogen and oxygen atoms in total. The maximum atomic E-state index is 12.9. The van der Waals surface area contributed by atoms with Crippen molar-refractivity contribution in [2.75, 3.05) is 5.32 Å². The minimum absolute atomic E-state index is 0.00656. The van der Waals surface area contributed by atoms with Gasteiger partial charge in [0, 0.05) is 11.3 Å². The molecule has 1 aromatic rings. The number of amides is 1. The molecule has 0 heterocycles. The number of fused-ring (bicyclic) bond motifs is 2. The highest BCUT2D eigenvalue weighted by Crippen LogP contribution is 2.57. The van der Waals surface area contributed by atoms with Crippen molar-refractivity contribution in [1.29, 1.82) is 0 Å². The van der Waals surface area contributed by atoms with E-state index in [9.17, 15) is 19.5 Å². The van der Waals surface area contributed by atoms with Gasteiger partial charge in [0.05, 0.1) is 11.8 Å². The maximum Gasteiger partial charge on any atom is 0.307 e. The van der Waals surface area contributed by atoms with E-state index in [1.807, 2.05) is 13.8 Å². The summed E-state index contributed by atoms with van der Waals surface area (Å²) >= 11 is 0. The van der Waals surface area contributed by atoms with Crippen molar-refractivity contribution in [1.82, 2.24) is 0 Å². The Morgan fingerprint density at radius 2 is 1.68 bits per heavy atom. The van der Waals surface area contributed by atoms with E-state index in [0.29, 0.717) is 11.3 Å². The number of carboxylic acids is 1. The fourth-order valence-electron chi connectivity index (χ4n) is 4.65. The Bertz CT molecular complexity index is 776. The minimum Gasteiger partial charge on any atom is -0.481 e. The SMILES string of the molecule is CC(=O)c1cccc(NC(=O)[C@H]2[C@@H](C(=O)O)[C@H]3CC[C@@H]2C3=C(C)C)c1. The first-order valence-electron chi connectivity index (χ1n) is 8.63. The molecule has 1 aromatic carbocycles. The monoisotopic (exact) mass is 341 g/mol. The first kappa shape index (κ1) is 17.4. The number of ketones is 1. The highest BCUT2D eigenvalue weighted by atomic mass is 16.4. The zero-order chi connectivity index (χ0) is 18.3. The molecule has 132 valence electrons. The first-order valence-corrected chi connectivity index (χ1v) is 8.63. The Morgan fingerprint density at radius 3 is 2.24 bits per heavy atom. The summed E-state index contributed by atoms with van der Waals surface area (Å²) in [6.07, 6.45) is 1.70. The van der Waals surface area contributed by atoms with E-state index in [4.69, 9.17) is 0 Å². The maximum absolute atomic E-state index is 12.9. The molecular weight excluding hydrogens is 318 g/mol. The van der Waals surface area contributed by atoms with E-state index in [0.717, 1.165) is 24.0 Å². The first-order chi connectivity index (χ1) is 11.8. The molecule has 2 aliphatic rings. The van der Waals surface area contributed by atoms with Gasteiger partial charge >= 0.3 is 5.97 Å². The van der Waals surface area contributed by atoms with Crippen LogP contribution in [0.25, 0.3) is 0 Å². The Morgan fingerprint density at radius 1 is 1.04 bits per heavy atom. The Labute approximate surface area is 147 Å². The van der Waals surface area contributed by atoms with Gasteiger partial charge in [0.15, 0.2) is 5.78 Å². The molecule has 2 aliphatic carbocycles. The zero-order valence-corrected chi connectivity index (χ0v) is 14.7. The lowest BCUT2D eigenvalue weighted by atomic mass is 9.78. The van der Waals surface area contributed by atoms with Gasteiger partial charge in [0.2, 0.25) is 5.91 Å². The van der Waals surface area contributed by atoms with Crippen molar-refractivity contribution in [3.05, 3.63) is 41.0 Å². The van der Waals surface area contributed by atoms with Crippen molar-refractivity contribution in [3.63, 3.8) is 0 Å². The van der Waals surface area contributed by atoms with Gasteiger partial charge in [0.25, 0.3) is 0 Å². The lowest BCUT2D eigenvalue weighted by molar-refractivity contribution is -0.148. The van der Waals surface area contributed by atoms with Crippen LogP contribution in [-0.2, 0) is 9.59 Å². The normalized spacial score (nSPS) is 27.2. The third-order valence-electron chi connectivity index (χ3n) is 5.54. The van der Waals surface area contributed by atoms with Crippen LogP contribution in [0, 0.1) is 23.7 Å². The standard InChI is InChI=1S/C20H23NO4/c1-10(2)16-14-7-8-15(16)18(20(24)25)17(14)19(23)21-13-6-4-5-12(9-13)11(3)22/h4-6,9,14-15,17-18H,7-8H2,1-3H3,(H,21,23)(H,24,25)/t14-,15+,17-,18+/m1/s1. The molecule has 0 aliphatic heterocycles. The molecule has 2 N–H and O–H groups in total. The van der Waals surface area contributed by atoms with Crippen LogP contribution in [0.1, 0.15) is 44.0 Å². The summed E-state index contributed by atoms with van der Waals surface area (Å²) in [7, 11) is 0. The molecule has 2 bridgehead atoms. The van der Waals surface area contributed by atoms with Gasteiger partial charge in [-0.1, -0.05) is 23.3 Å². The summed E-state index contributed by atoms with van der Waals surface area (Å²) in [6, 6.07) is 6.75. The number of rotatable bonds is 4. The van der Waals surface area contributed by atoms with Crippen LogP contribution in [-0.4, -0.2) is 22.8 Å². The molecule has 2 fully saturated rings. The molecule has 25 heavy (non-hydrogen) atoms. The lowest BCUT2D eigenvalue weighted by Crippen LogP contribution is -2.37. The number of carbonyl (C=O) groups is 3. The number of hydrogen-bond donors (Lipinski definition) is 2. The van der Waals surface area contributed by atoms with E-state index in [2.05, 4.69) is 5.32 Å². The number of nitrogens with one attached hydrogen (secondary N) is 1. The molecule has 2 saturated carbocycles. The lowest BCUT2D eigenvalue weighted by Gasteiger charge is -2.26. The highest BCUT2D eigenvalue weighted by molar-refractivity contribution is 5.99. The molecule has 5 heteroatoms. The largest absolute Gasteiger partial charge is 0.481 e. The molecule has 0 aromatic heterocycles. The van der Waals surface area contributed by atoms with Crippen LogP contribution in [0.3, 0.4) is 0 Å². The fraction of sp³-hybridized carbons (Fsp3) is 0.450. The van der Waals surface area contributed by atoms with E-state index in [1.54, 1.807) is 24.3 Å². The number of aliphatic carboxylic acids is 1. The smallest absolute Gasteiger partial charge is 0.307 e. The summed E-state index contributed by atoms with van der Waals surface area (Å²) in [5.74, 6) is -2.49. The van der Waals surface area contributed by atoms with Crippen molar-refractivity contribution in [3.8, 4) is 0 Å². The number of carboxylic acid groups (broad SMARTS) is 1. The minimum atomic E-state index is -0.899. The van der Waals surface area contributed by atoms with Gasteiger partial charge in [-0.05, 0) is 57.6 Å². The summed E-state index contributed by atoms with van der Waals surface area (Å²) < 4.78 is 0. The highest BCUT2D eigenvalue weighted by Gasteiger charge is 2.57. The van der Waals surface area contributed by atoms with Gasteiger partial charge < -0.3 is 10.4 Å². The average molecular weight is 341 g/mol. The topological polar surface area (TPSA) is 83.5 Å². The summed E-state index contributed by atoms with van der Waals surface area (Å²) in [5, 5.41) is 12.5. The number of benzene rings is 1. The zero-order valence-electron chi connectivity index (χ0n) is 14.7. The van der Waals surface area contributed by atoms with Crippen LogP contribution in [0.5, 0.6) is 0 Å². The summed E-state index contributed by atoms with van der Waals surface area (Å²) in [5.41, 5.74) is 3.34. The van der Waals surface area contributed by atoms with E-state index in [-0.39, 0.29) is 23.5 Å². The number of anilines is 1. The van der Waals surface area contributed by atoms with Gasteiger partial charge in [0.1, 0.15) is 0 Å². The molecular formula is C20H23NO4. The van der Waals surface area contributed by atoms with E-state index < -0.39 is 17.8 Å². The van der Waals surface area contributed by atoms with Crippen molar-refractivity contribution in [2.45, 2.75) is 33.6 Å². The second kappa shape index (κ2) is 6.47. The Kier molecular flexibility index (Phi) is 4.50. The number of carbonyl (C=O) groups excluding carboxylic acids is 2. The molecule has 1 amide bonds. The molecule has 0 spiro atoms. The Hall–Kier alpha value is -2.43. The third kappa shape index (κ3) is 2.99. The van der Waals surface area contributed by atoms with E-state index >= 15 is 0 Å². The van der Waals surface area contributed by atoms with Gasteiger partial charge in [-0.15, -0.1) is 0 Å². The molecule has 3 rings (SSSR count). The van der Waals surface area contributed by atoms with Crippen LogP contribution in [0.4, 0.5) is 5.69 Å². The van der Waals surface area contributed by atoms with Crippen LogP contribution in [0.15, 0.2) is 35.4 Å². The quantitative estimate of drug-likeness (QED) is 0.648. The molecule has 0 saturated heterocycles. The fourth-order valence-corrected chi connectivity index (χ4v) is 4.65. The number of hydrogen-bond acceptors (Lipinski definition) is 3. The molecule has 0 unspecified atom stereocenters. The van der Waals surface area contributed by atoms with Crippen LogP contribution >= 0.6 is 0 Å².